The average molecular weight is 309 g/mol. The maximum Gasteiger partial charge on any atom is 0.282 e. The maximum atomic E-state index is 12.5. The molecule has 1 aliphatic heterocycles. The molecule has 116 valence electrons. The highest BCUT2D eigenvalue weighted by molar-refractivity contribution is 6.31. The number of benzene rings is 2. The van der Waals surface area contributed by atoms with Gasteiger partial charge in [0, 0.05) is 0 Å². The third-order valence-electron chi connectivity index (χ3n) is 3.42. The fourth-order valence-electron chi connectivity index (χ4n) is 2.26. The Morgan fingerprint density at radius 1 is 1.22 bits per heavy atom. The summed E-state index contributed by atoms with van der Waals surface area (Å²) < 4.78 is 5.06. The van der Waals surface area contributed by atoms with Crippen molar-refractivity contribution >= 4 is 23.5 Å². The number of carbonyl (C=O) groups excluding carboxylic acids is 1. The van der Waals surface area contributed by atoms with Gasteiger partial charge in [0.1, 0.15) is 0 Å². The van der Waals surface area contributed by atoms with Crippen LogP contribution in [0, 0.1) is 0 Å². The highest BCUT2D eigenvalue weighted by atomic mass is 16.5. The number of nitrogens with zero attached hydrogens (tertiary/aromatic N) is 2. The maximum absolute atomic E-state index is 12.5. The molecule has 0 aromatic heterocycles. The molecular formula is C17H15N3O3. The first-order chi connectivity index (χ1) is 11.1. The molecule has 23 heavy (non-hydrogen) atoms. The molecule has 2 aromatic rings. The van der Waals surface area contributed by atoms with Gasteiger partial charge in [0.2, 0.25) is 0 Å². The lowest BCUT2D eigenvalue weighted by Gasteiger charge is -2.10. The molecule has 6 nitrogen and oxygen atoms in total. The van der Waals surface area contributed by atoms with Crippen LogP contribution in [0.4, 0.5) is 5.69 Å². The summed E-state index contributed by atoms with van der Waals surface area (Å²) in [4.78, 5) is 12.5. The van der Waals surface area contributed by atoms with Gasteiger partial charge in [0.25, 0.3) is 5.91 Å². The lowest BCUT2D eigenvalue weighted by Crippen LogP contribution is -2.22. The van der Waals surface area contributed by atoms with E-state index in [4.69, 9.17) is 10.5 Å². The van der Waals surface area contributed by atoms with E-state index in [1.54, 1.807) is 30.3 Å². The number of amidine groups is 1. The zero-order chi connectivity index (χ0) is 16.4. The molecule has 0 radical (unpaired) electrons. The van der Waals surface area contributed by atoms with Crippen LogP contribution < -0.4 is 15.5 Å². The summed E-state index contributed by atoms with van der Waals surface area (Å²) in [6.07, 6.45) is 1.62. The number of methoxy groups -OCH3 is 1. The largest absolute Gasteiger partial charge is 0.504 e. The summed E-state index contributed by atoms with van der Waals surface area (Å²) in [7, 11) is 1.46. The standard InChI is InChI=1S/C17H15N3O3/c1-23-15-10-11(7-8-14(15)21)9-13-16(18)19-20(17(13)22)12-5-3-2-4-6-12/h2-10,21H,1H3,(H2,18,19). The van der Waals surface area contributed by atoms with Crippen LogP contribution in [0.5, 0.6) is 11.5 Å². The molecule has 3 N–H and O–H groups in total. The van der Waals surface area contributed by atoms with Crippen LogP contribution in [0.3, 0.4) is 0 Å². The molecule has 0 atom stereocenters. The van der Waals surface area contributed by atoms with Gasteiger partial charge in [-0.1, -0.05) is 24.3 Å². The van der Waals surface area contributed by atoms with E-state index in [0.29, 0.717) is 22.6 Å². The fraction of sp³-hybridized carbons (Fsp3) is 0.0588. The number of ether oxygens (including phenoxy) is 1. The van der Waals surface area contributed by atoms with Gasteiger partial charge in [-0.25, -0.2) is 0 Å². The van der Waals surface area contributed by atoms with Crippen molar-refractivity contribution in [3.05, 3.63) is 59.7 Å². The number of hydrogen-bond acceptors (Lipinski definition) is 5. The average Bonchev–Trinajstić information content (AvgIpc) is 2.85. The Bertz CT molecular complexity index is 813. The number of carbonyl (C=O) groups is 1. The van der Waals surface area contributed by atoms with Gasteiger partial charge in [0.15, 0.2) is 17.3 Å². The summed E-state index contributed by atoms with van der Waals surface area (Å²) in [5, 5.41) is 15.0. The van der Waals surface area contributed by atoms with Crippen molar-refractivity contribution in [2.75, 3.05) is 12.1 Å². The van der Waals surface area contributed by atoms with Crippen molar-refractivity contribution in [2.24, 2.45) is 10.8 Å². The molecule has 1 amide bonds. The zero-order valence-electron chi connectivity index (χ0n) is 12.4. The van der Waals surface area contributed by atoms with E-state index >= 15 is 0 Å². The monoisotopic (exact) mass is 309 g/mol. The molecule has 0 fully saturated rings. The van der Waals surface area contributed by atoms with E-state index < -0.39 is 0 Å². The number of anilines is 1. The number of aromatic hydroxyl groups is 1. The van der Waals surface area contributed by atoms with Crippen LogP contribution >= 0.6 is 0 Å². The number of amides is 1. The van der Waals surface area contributed by atoms with Gasteiger partial charge in [-0.2, -0.15) is 5.01 Å². The van der Waals surface area contributed by atoms with E-state index in [0.717, 1.165) is 0 Å². The minimum Gasteiger partial charge on any atom is -0.504 e. The van der Waals surface area contributed by atoms with Crippen LogP contribution in [-0.2, 0) is 4.79 Å². The Hall–Kier alpha value is -3.28. The fourth-order valence-corrected chi connectivity index (χ4v) is 2.26. The second kappa shape index (κ2) is 5.84. The Kier molecular flexibility index (Phi) is 3.72. The minimum absolute atomic E-state index is 0.0277. The summed E-state index contributed by atoms with van der Waals surface area (Å²) in [5.41, 5.74) is 7.50. The topological polar surface area (TPSA) is 88.2 Å². The van der Waals surface area contributed by atoms with Crippen LogP contribution in [-0.4, -0.2) is 24.0 Å². The SMILES string of the molecule is COc1cc(C=C2C(=O)N(c3ccccc3)N=C2N)ccc1O. The lowest BCUT2D eigenvalue weighted by atomic mass is 10.1. The van der Waals surface area contributed by atoms with Crippen LogP contribution in [0.15, 0.2) is 59.2 Å². The second-order valence-electron chi connectivity index (χ2n) is 4.93. The minimum atomic E-state index is -0.305. The number of para-hydroxylation sites is 1. The van der Waals surface area contributed by atoms with E-state index in [2.05, 4.69) is 5.10 Å². The third kappa shape index (κ3) is 2.74. The van der Waals surface area contributed by atoms with Gasteiger partial charge in [-0.15, -0.1) is 5.10 Å². The van der Waals surface area contributed by atoms with Crippen molar-refractivity contribution in [3.8, 4) is 11.5 Å². The molecule has 0 saturated heterocycles. The quantitative estimate of drug-likeness (QED) is 0.850. The second-order valence-corrected chi connectivity index (χ2v) is 4.93. The van der Waals surface area contributed by atoms with Gasteiger partial charge in [-0.3, -0.25) is 4.79 Å². The number of rotatable bonds is 3. The van der Waals surface area contributed by atoms with Crippen molar-refractivity contribution < 1.29 is 14.6 Å². The van der Waals surface area contributed by atoms with Crippen molar-refractivity contribution in [2.45, 2.75) is 0 Å². The summed E-state index contributed by atoms with van der Waals surface area (Å²) in [5.74, 6) is 0.187. The molecule has 1 aliphatic rings. The molecule has 0 aliphatic carbocycles. The molecule has 2 aromatic carbocycles. The van der Waals surface area contributed by atoms with Crippen molar-refractivity contribution in [1.82, 2.24) is 0 Å². The number of nitrogens with two attached hydrogens (primary N) is 1. The number of phenols is 1. The molecule has 0 unspecified atom stereocenters. The zero-order valence-corrected chi connectivity index (χ0v) is 12.4. The first kappa shape index (κ1) is 14.6. The van der Waals surface area contributed by atoms with Crippen molar-refractivity contribution in [3.63, 3.8) is 0 Å². The molecule has 3 rings (SSSR count). The third-order valence-corrected chi connectivity index (χ3v) is 3.42. The van der Waals surface area contributed by atoms with Gasteiger partial charge in [-0.05, 0) is 35.9 Å². The molecular weight excluding hydrogens is 294 g/mol. The Morgan fingerprint density at radius 3 is 2.65 bits per heavy atom. The van der Waals surface area contributed by atoms with E-state index in [9.17, 15) is 9.90 Å². The Morgan fingerprint density at radius 2 is 1.96 bits per heavy atom. The van der Waals surface area contributed by atoms with Crippen LogP contribution in [0.2, 0.25) is 0 Å². The lowest BCUT2D eigenvalue weighted by molar-refractivity contribution is -0.114. The van der Waals surface area contributed by atoms with E-state index in [1.807, 2.05) is 18.2 Å². The van der Waals surface area contributed by atoms with Gasteiger partial charge < -0.3 is 15.6 Å². The Labute approximate surface area is 133 Å². The highest BCUT2D eigenvalue weighted by Crippen LogP contribution is 2.28. The normalized spacial score (nSPS) is 15.9. The molecule has 0 saturated carbocycles. The molecule has 0 spiro atoms. The number of hydrogen-bond donors (Lipinski definition) is 2. The predicted octanol–water partition coefficient (Wildman–Crippen LogP) is 2.10. The van der Waals surface area contributed by atoms with Gasteiger partial charge in [0.05, 0.1) is 18.4 Å². The predicted molar refractivity (Wildman–Crippen MR) is 88.2 cm³/mol. The molecule has 0 bridgehead atoms. The highest BCUT2D eigenvalue weighted by Gasteiger charge is 2.29. The van der Waals surface area contributed by atoms with Crippen LogP contribution in [0.1, 0.15) is 5.56 Å². The molecule has 1 heterocycles. The smallest absolute Gasteiger partial charge is 0.282 e. The van der Waals surface area contributed by atoms with Crippen LogP contribution in [0.25, 0.3) is 6.08 Å². The van der Waals surface area contributed by atoms with Gasteiger partial charge >= 0.3 is 0 Å². The van der Waals surface area contributed by atoms with E-state index in [1.165, 1.54) is 18.2 Å². The van der Waals surface area contributed by atoms with E-state index in [-0.39, 0.29) is 17.5 Å². The summed E-state index contributed by atoms with van der Waals surface area (Å²) in [6.45, 7) is 0. The molecule has 6 heteroatoms. The number of hydrazone groups is 1. The first-order valence-corrected chi connectivity index (χ1v) is 6.93. The summed E-state index contributed by atoms with van der Waals surface area (Å²) >= 11 is 0. The number of phenolic OH excluding ortho intramolecular Hbond substituents is 1. The first-order valence-electron chi connectivity index (χ1n) is 6.93. The van der Waals surface area contributed by atoms with Crippen molar-refractivity contribution in [1.29, 1.82) is 0 Å². The Balaban J connectivity index is 1.95. The summed E-state index contributed by atoms with van der Waals surface area (Å²) in [6, 6.07) is 13.8.